The second-order valence-corrected chi connectivity index (χ2v) is 6.16. The van der Waals surface area contributed by atoms with E-state index in [4.69, 9.17) is 9.84 Å². The first-order chi connectivity index (χ1) is 10.5. The van der Waals surface area contributed by atoms with Crippen LogP contribution in [0.2, 0.25) is 0 Å². The predicted molar refractivity (Wildman–Crippen MR) is 84.6 cm³/mol. The Morgan fingerprint density at radius 3 is 2.55 bits per heavy atom. The van der Waals surface area contributed by atoms with E-state index in [0.717, 1.165) is 12.8 Å². The van der Waals surface area contributed by atoms with Crippen molar-refractivity contribution in [2.24, 2.45) is 5.92 Å². The lowest BCUT2D eigenvalue weighted by atomic mass is 9.83. The fraction of sp³-hybridized carbons (Fsp3) is 0.556. The third-order valence-corrected chi connectivity index (χ3v) is 4.51. The molecule has 22 heavy (non-hydrogen) atoms. The molecule has 4 heteroatoms. The van der Waals surface area contributed by atoms with Gasteiger partial charge in [-0.3, -0.25) is 9.59 Å². The molecule has 0 amide bonds. The van der Waals surface area contributed by atoms with Gasteiger partial charge in [-0.25, -0.2) is 0 Å². The molecule has 1 atom stereocenters. The number of methoxy groups -OCH3 is 1. The van der Waals surface area contributed by atoms with Gasteiger partial charge in [-0.05, 0) is 36.5 Å². The molecule has 1 aromatic carbocycles. The number of ether oxygens (including phenoxy) is 1. The molecule has 0 radical (unpaired) electrons. The third-order valence-electron chi connectivity index (χ3n) is 4.51. The number of benzene rings is 1. The molecular formula is C18H24O4. The zero-order valence-electron chi connectivity index (χ0n) is 13.3. The first kappa shape index (κ1) is 16.5. The van der Waals surface area contributed by atoms with Gasteiger partial charge in [-0.1, -0.05) is 32.3 Å². The Labute approximate surface area is 131 Å². The summed E-state index contributed by atoms with van der Waals surface area (Å²) in [6.45, 7) is 1.55. The van der Waals surface area contributed by atoms with Crippen LogP contribution in [0.15, 0.2) is 18.2 Å². The summed E-state index contributed by atoms with van der Waals surface area (Å²) in [5.74, 6) is -0.763. The summed E-state index contributed by atoms with van der Waals surface area (Å²) in [4.78, 5) is 23.4. The number of hydrogen-bond acceptors (Lipinski definition) is 3. The average molecular weight is 304 g/mol. The van der Waals surface area contributed by atoms with Crippen LogP contribution in [0.5, 0.6) is 5.75 Å². The summed E-state index contributed by atoms with van der Waals surface area (Å²) in [6.07, 6.45) is 6.07. The summed E-state index contributed by atoms with van der Waals surface area (Å²) in [6, 6.07) is 5.78. The van der Waals surface area contributed by atoms with Crippen LogP contribution in [0.1, 0.15) is 67.3 Å². The summed E-state index contributed by atoms with van der Waals surface area (Å²) >= 11 is 0. The normalized spacial score (nSPS) is 17.0. The number of hydrogen-bond donors (Lipinski definition) is 1. The molecule has 120 valence electrons. The molecule has 0 aromatic heterocycles. The molecule has 1 N–H and O–H groups in total. The van der Waals surface area contributed by atoms with Crippen LogP contribution in [0.4, 0.5) is 0 Å². The van der Waals surface area contributed by atoms with E-state index in [1.54, 1.807) is 6.92 Å². The number of ketones is 1. The molecule has 1 aromatic rings. The number of carbonyl (C=O) groups excluding carboxylic acids is 1. The fourth-order valence-corrected chi connectivity index (χ4v) is 3.11. The molecule has 0 aliphatic heterocycles. The summed E-state index contributed by atoms with van der Waals surface area (Å²) < 4.78 is 5.28. The molecule has 0 unspecified atom stereocenters. The van der Waals surface area contributed by atoms with Gasteiger partial charge in [0.25, 0.3) is 0 Å². The van der Waals surface area contributed by atoms with Crippen molar-refractivity contribution in [2.45, 2.75) is 51.4 Å². The van der Waals surface area contributed by atoms with Gasteiger partial charge in [-0.15, -0.1) is 0 Å². The maximum Gasteiger partial charge on any atom is 0.306 e. The van der Waals surface area contributed by atoms with Crippen molar-refractivity contribution >= 4 is 11.8 Å². The van der Waals surface area contributed by atoms with Crippen LogP contribution in [-0.2, 0) is 4.79 Å². The third kappa shape index (κ3) is 3.87. The number of rotatable bonds is 6. The minimum atomic E-state index is -0.948. The number of carboxylic acid groups (broad SMARTS) is 1. The maximum atomic E-state index is 12.4. The smallest absolute Gasteiger partial charge is 0.306 e. The second-order valence-electron chi connectivity index (χ2n) is 6.16. The van der Waals surface area contributed by atoms with Crippen LogP contribution in [-0.4, -0.2) is 24.0 Å². The Bertz CT molecular complexity index is 544. The van der Waals surface area contributed by atoms with Crippen LogP contribution in [0.25, 0.3) is 0 Å². The van der Waals surface area contributed by atoms with Crippen LogP contribution < -0.4 is 4.74 Å². The first-order valence-corrected chi connectivity index (χ1v) is 7.97. The van der Waals surface area contributed by atoms with Crippen LogP contribution >= 0.6 is 0 Å². The van der Waals surface area contributed by atoms with E-state index in [2.05, 4.69) is 0 Å². The van der Waals surface area contributed by atoms with E-state index in [-0.39, 0.29) is 12.2 Å². The molecule has 1 aliphatic carbocycles. The van der Waals surface area contributed by atoms with Crippen LogP contribution in [0, 0.1) is 5.92 Å². The fourth-order valence-electron chi connectivity index (χ4n) is 3.11. The van der Waals surface area contributed by atoms with Gasteiger partial charge in [0.15, 0.2) is 5.78 Å². The van der Waals surface area contributed by atoms with Gasteiger partial charge in [-0.2, -0.15) is 0 Å². The lowest BCUT2D eigenvalue weighted by molar-refractivity contribution is -0.141. The molecule has 4 nitrogen and oxygen atoms in total. The zero-order chi connectivity index (χ0) is 16.1. The van der Waals surface area contributed by atoms with Gasteiger partial charge in [0.2, 0.25) is 0 Å². The summed E-state index contributed by atoms with van der Waals surface area (Å²) in [5, 5.41) is 8.98. The largest absolute Gasteiger partial charge is 0.496 e. The second kappa shape index (κ2) is 7.43. The molecule has 0 bridgehead atoms. The minimum absolute atomic E-state index is 0.000185. The van der Waals surface area contributed by atoms with Crippen molar-refractivity contribution in [3.8, 4) is 5.75 Å². The van der Waals surface area contributed by atoms with Crippen molar-refractivity contribution < 1.29 is 19.4 Å². The van der Waals surface area contributed by atoms with Crippen molar-refractivity contribution in [1.29, 1.82) is 0 Å². The highest BCUT2D eigenvalue weighted by Gasteiger charge is 2.22. The number of aliphatic carboxylic acids is 1. The maximum absolute atomic E-state index is 12.4. The van der Waals surface area contributed by atoms with E-state index in [1.165, 1.54) is 31.9 Å². The highest BCUT2D eigenvalue weighted by molar-refractivity contribution is 6.00. The Morgan fingerprint density at radius 2 is 1.95 bits per heavy atom. The Hall–Kier alpha value is -1.84. The lowest BCUT2D eigenvalue weighted by Gasteiger charge is -2.23. The van der Waals surface area contributed by atoms with Gasteiger partial charge in [0.05, 0.1) is 18.6 Å². The Kier molecular flexibility index (Phi) is 5.58. The lowest BCUT2D eigenvalue weighted by Crippen LogP contribution is -2.16. The predicted octanol–water partition coefficient (Wildman–Crippen LogP) is 4.04. The van der Waals surface area contributed by atoms with Crippen molar-refractivity contribution in [3.63, 3.8) is 0 Å². The van der Waals surface area contributed by atoms with E-state index in [0.29, 0.717) is 17.2 Å². The molecule has 2 rings (SSSR count). The SMILES string of the molecule is COc1ccc(C2CCCCC2)cc1C(=O)C[C@@H](C)C(=O)O. The summed E-state index contributed by atoms with van der Waals surface area (Å²) in [5.41, 5.74) is 1.69. The highest BCUT2D eigenvalue weighted by atomic mass is 16.5. The quantitative estimate of drug-likeness (QED) is 0.806. The van der Waals surface area contributed by atoms with Gasteiger partial charge < -0.3 is 9.84 Å². The topological polar surface area (TPSA) is 63.6 Å². The van der Waals surface area contributed by atoms with Crippen LogP contribution in [0.3, 0.4) is 0 Å². The molecule has 0 saturated heterocycles. The van der Waals surface area contributed by atoms with E-state index in [1.807, 2.05) is 18.2 Å². The number of carboxylic acids is 1. The van der Waals surface area contributed by atoms with Gasteiger partial charge >= 0.3 is 5.97 Å². The van der Waals surface area contributed by atoms with E-state index in [9.17, 15) is 9.59 Å². The Balaban J connectivity index is 2.23. The Morgan fingerprint density at radius 1 is 1.27 bits per heavy atom. The summed E-state index contributed by atoms with van der Waals surface area (Å²) in [7, 11) is 1.53. The van der Waals surface area contributed by atoms with E-state index < -0.39 is 11.9 Å². The highest BCUT2D eigenvalue weighted by Crippen LogP contribution is 2.35. The van der Waals surface area contributed by atoms with Gasteiger partial charge in [0, 0.05) is 6.42 Å². The molecular weight excluding hydrogens is 280 g/mol. The first-order valence-electron chi connectivity index (χ1n) is 7.97. The monoisotopic (exact) mass is 304 g/mol. The molecule has 1 fully saturated rings. The van der Waals surface area contributed by atoms with Gasteiger partial charge in [0.1, 0.15) is 5.75 Å². The van der Waals surface area contributed by atoms with Crippen molar-refractivity contribution in [1.82, 2.24) is 0 Å². The molecule has 1 saturated carbocycles. The number of Topliss-reactive ketones (excluding diaryl/α,β-unsaturated/α-hetero) is 1. The van der Waals surface area contributed by atoms with Crippen molar-refractivity contribution in [3.05, 3.63) is 29.3 Å². The zero-order valence-corrected chi connectivity index (χ0v) is 13.3. The molecule has 0 spiro atoms. The van der Waals surface area contributed by atoms with E-state index >= 15 is 0 Å². The standard InChI is InChI=1S/C18H24O4/c1-12(18(20)21)10-16(19)15-11-14(8-9-17(15)22-2)13-6-4-3-5-7-13/h8-9,11-13H,3-7,10H2,1-2H3,(H,20,21)/t12-/m1/s1. The van der Waals surface area contributed by atoms with Crippen molar-refractivity contribution in [2.75, 3.05) is 7.11 Å². The number of carbonyl (C=O) groups is 2. The minimum Gasteiger partial charge on any atom is -0.496 e. The molecule has 0 heterocycles. The molecule has 1 aliphatic rings. The average Bonchev–Trinajstić information content (AvgIpc) is 2.54.